The third-order valence-corrected chi connectivity index (χ3v) is 4.71. The highest BCUT2D eigenvalue weighted by Crippen LogP contribution is 2.34. The fourth-order valence-electron chi connectivity index (χ4n) is 3.11. The van der Waals surface area contributed by atoms with Gasteiger partial charge in [0.15, 0.2) is 18.0 Å². The van der Waals surface area contributed by atoms with E-state index in [9.17, 15) is 4.79 Å². The van der Waals surface area contributed by atoms with Crippen molar-refractivity contribution in [2.75, 3.05) is 27.5 Å². The van der Waals surface area contributed by atoms with Crippen LogP contribution in [0, 0.1) is 0 Å². The number of fused-ring (bicyclic) bond motifs is 1. The van der Waals surface area contributed by atoms with Gasteiger partial charge in [0.1, 0.15) is 12.3 Å². The molecule has 0 bridgehead atoms. The van der Waals surface area contributed by atoms with Gasteiger partial charge in [0.25, 0.3) is 5.91 Å². The summed E-state index contributed by atoms with van der Waals surface area (Å²) in [5.41, 5.74) is 1.95. The van der Waals surface area contributed by atoms with Crippen molar-refractivity contribution in [3.8, 4) is 17.2 Å². The van der Waals surface area contributed by atoms with E-state index >= 15 is 0 Å². The summed E-state index contributed by atoms with van der Waals surface area (Å²) < 4.78 is 16.1. The van der Waals surface area contributed by atoms with Gasteiger partial charge in [0.2, 0.25) is 6.79 Å². The Morgan fingerprint density at radius 3 is 2.81 bits per heavy atom. The molecule has 1 aliphatic heterocycles. The number of hydrogen-bond donors (Lipinski definition) is 2. The van der Waals surface area contributed by atoms with Gasteiger partial charge in [-0.25, -0.2) is 0 Å². The second-order valence-corrected chi connectivity index (χ2v) is 7.11. The summed E-state index contributed by atoms with van der Waals surface area (Å²) in [6, 6.07) is 11.1. The molecule has 27 heavy (non-hydrogen) atoms. The number of rotatable bonds is 7. The number of carbonyl (C=O) groups is 1. The molecule has 1 heterocycles. The van der Waals surface area contributed by atoms with Gasteiger partial charge in [0, 0.05) is 10.6 Å². The van der Waals surface area contributed by atoms with Crippen molar-refractivity contribution in [3.05, 3.63) is 52.5 Å². The van der Waals surface area contributed by atoms with Crippen molar-refractivity contribution in [2.45, 2.75) is 19.5 Å². The molecule has 0 aliphatic carbocycles. The SMILES string of the molecule is COc1ccc(Cl)cc1C[NH+](C)CC(=O)N[C@@H](C)c1ccc2c(c1)OCO2. The van der Waals surface area contributed by atoms with Crippen LogP contribution in [0.3, 0.4) is 0 Å². The third-order valence-electron chi connectivity index (χ3n) is 4.47. The first-order valence-corrected chi connectivity index (χ1v) is 9.16. The Labute approximate surface area is 164 Å². The first-order chi connectivity index (χ1) is 13.0. The minimum atomic E-state index is -0.125. The quantitative estimate of drug-likeness (QED) is 0.757. The van der Waals surface area contributed by atoms with Crippen molar-refractivity contribution in [1.29, 1.82) is 0 Å². The number of nitrogens with one attached hydrogen (secondary N) is 2. The van der Waals surface area contributed by atoms with E-state index in [1.165, 1.54) is 0 Å². The van der Waals surface area contributed by atoms with Crippen LogP contribution in [0.2, 0.25) is 5.02 Å². The van der Waals surface area contributed by atoms with Crippen molar-refractivity contribution in [2.24, 2.45) is 0 Å². The van der Waals surface area contributed by atoms with E-state index in [0.717, 1.165) is 27.5 Å². The molecule has 0 fully saturated rings. The molecule has 7 heteroatoms. The number of ether oxygens (including phenoxy) is 3. The molecule has 2 N–H and O–H groups in total. The summed E-state index contributed by atoms with van der Waals surface area (Å²) in [6.07, 6.45) is 0. The highest BCUT2D eigenvalue weighted by atomic mass is 35.5. The topological polar surface area (TPSA) is 61.2 Å². The number of halogens is 1. The predicted molar refractivity (Wildman–Crippen MR) is 103 cm³/mol. The van der Waals surface area contributed by atoms with Crippen molar-refractivity contribution >= 4 is 17.5 Å². The monoisotopic (exact) mass is 391 g/mol. The minimum absolute atomic E-state index is 0.0290. The van der Waals surface area contributed by atoms with E-state index in [1.54, 1.807) is 13.2 Å². The molecular weight excluding hydrogens is 368 g/mol. The van der Waals surface area contributed by atoms with E-state index < -0.39 is 0 Å². The van der Waals surface area contributed by atoms with Crippen LogP contribution in [-0.4, -0.2) is 33.4 Å². The fourth-order valence-corrected chi connectivity index (χ4v) is 3.30. The summed E-state index contributed by atoms with van der Waals surface area (Å²) in [4.78, 5) is 13.5. The standard InChI is InChI=1S/C20H23ClN2O4/c1-13(14-4-6-18-19(9-14)27-12-26-18)22-20(24)11-23(2)10-15-8-16(21)5-7-17(15)25-3/h4-9,13H,10-12H2,1-3H3,(H,22,24)/p+1/t13-/m0/s1. The number of carbonyl (C=O) groups excluding carboxylic acids is 1. The molecule has 0 saturated carbocycles. The van der Waals surface area contributed by atoms with Crippen LogP contribution in [0.15, 0.2) is 36.4 Å². The van der Waals surface area contributed by atoms with Crippen LogP contribution in [0.5, 0.6) is 17.2 Å². The van der Waals surface area contributed by atoms with Crippen LogP contribution in [0.25, 0.3) is 0 Å². The van der Waals surface area contributed by atoms with Crippen molar-refractivity contribution in [1.82, 2.24) is 5.32 Å². The first-order valence-electron chi connectivity index (χ1n) is 8.79. The number of likely N-dealkylation sites (N-methyl/N-ethyl adjacent to an activating group) is 1. The lowest BCUT2D eigenvalue weighted by atomic mass is 10.1. The van der Waals surface area contributed by atoms with Crippen molar-refractivity contribution in [3.63, 3.8) is 0 Å². The maximum Gasteiger partial charge on any atom is 0.275 e. The molecule has 0 aromatic heterocycles. The molecule has 1 unspecified atom stereocenters. The van der Waals surface area contributed by atoms with Gasteiger partial charge in [-0.05, 0) is 42.8 Å². The zero-order valence-electron chi connectivity index (χ0n) is 15.7. The molecule has 3 rings (SSSR count). The van der Waals surface area contributed by atoms with Crippen molar-refractivity contribution < 1.29 is 23.9 Å². The van der Waals surface area contributed by atoms with E-state index in [0.29, 0.717) is 23.9 Å². The van der Waals surface area contributed by atoms with Crippen LogP contribution < -0.4 is 24.4 Å². The van der Waals surface area contributed by atoms with Gasteiger partial charge in [0.05, 0.1) is 20.2 Å². The smallest absolute Gasteiger partial charge is 0.275 e. The van der Waals surface area contributed by atoms with E-state index in [-0.39, 0.29) is 18.7 Å². The summed E-state index contributed by atoms with van der Waals surface area (Å²) in [5.74, 6) is 2.19. The average Bonchev–Trinajstić information content (AvgIpc) is 3.09. The number of quaternary nitrogens is 1. The first kappa shape index (κ1) is 19.3. The largest absolute Gasteiger partial charge is 0.496 e. The Kier molecular flexibility index (Phi) is 6.08. The second-order valence-electron chi connectivity index (χ2n) is 6.67. The summed E-state index contributed by atoms with van der Waals surface area (Å²) in [6.45, 7) is 3.16. The predicted octanol–water partition coefficient (Wildman–Crippen LogP) is 1.97. The fraction of sp³-hybridized carbons (Fsp3) is 0.350. The zero-order valence-corrected chi connectivity index (χ0v) is 16.4. The van der Waals surface area contributed by atoms with Gasteiger partial charge in [-0.2, -0.15) is 0 Å². The lowest BCUT2D eigenvalue weighted by Gasteiger charge is -2.18. The van der Waals surface area contributed by atoms with Crippen LogP contribution >= 0.6 is 11.6 Å². The van der Waals surface area contributed by atoms with Gasteiger partial charge in [-0.15, -0.1) is 0 Å². The highest BCUT2D eigenvalue weighted by molar-refractivity contribution is 6.30. The number of amides is 1. The van der Waals surface area contributed by atoms with Crippen LogP contribution in [0.1, 0.15) is 24.1 Å². The minimum Gasteiger partial charge on any atom is -0.496 e. The van der Waals surface area contributed by atoms with Gasteiger partial charge in [-0.3, -0.25) is 4.79 Å². The molecule has 0 spiro atoms. The Balaban J connectivity index is 1.56. The summed E-state index contributed by atoms with van der Waals surface area (Å²) in [7, 11) is 3.59. The molecular formula is C20H24ClN2O4+. The summed E-state index contributed by atoms with van der Waals surface area (Å²) >= 11 is 6.08. The average molecular weight is 392 g/mol. The Morgan fingerprint density at radius 1 is 1.26 bits per heavy atom. The number of hydrogen-bond acceptors (Lipinski definition) is 4. The highest BCUT2D eigenvalue weighted by Gasteiger charge is 2.19. The van der Waals surface area contributed by atoms with Crippen LogP contribution in [0.4, 0.5) is 0 Å². The lowest BCUT2D eigenvalue weighted by molar-refractivity contribution is -0.885. The lowest BCUT2D eigenvalue weighted by Crippen LogP contribution is -3.08. The zero-order chi connectivity index (χ0) is 19.4. The van der Waals surface area contributed by atoms with Gasteiger partial charge in [-0.1, -0.05) is 17.7 Å². The maximum absolute atomic E-state index is 12.4. The van der Waals surface area contributed by atoms with Crippen LogP contribution in [-0.2, 0) is 11.3 Å². The number of methoxy groups -OCH3 is 1. The van der Waals surface area contributed by atoms with E-state index in [4.69, 9.17) is 25.8 Å². The molecule has 1 amide bonds. The normalized spacial score (nSPS) is 14.5. The molecule has 0 radical (unpaired) electrons. The third kappa shape index (κ3) is 4.84. The Morgan fingerprint density at radius 2 is 2.04 bits per heavy atom. The second kappa shape index (κ2) is 8.50. The Hall–Kier alpha value is -2.44. The maximum atomic E-state index is 12.4. The number of benzene rings is 2. The van der Waals surface area contributed by atoms with Gasteiger partial charge >= 0.3 is 0 Å². The Bertz CT molecular complexity index is 828. The molecule has 2 aromatic carbocycles. The molecule has 2 aromatic rings. The molecule has 144 valence electrons. The molecule has 2 atom stereocenters. The summed E-state index contributed by atoms with van der Waals surface area (Å²) in [5, 5.41) is 3.68. The van der Waals surface area contributed by atoms with E-state index in [1.807, 2.05) is 44.3 Å². The molecule has 1 aliphatic rings. The molecule has 0 saturated heterocycles. The van der Waals surface area contributed by atoms with E-state index in [2.05, 4.69) is 5.32 Å². The molecule has 6 nitrogen and oxygen atoms in total. The van der Waals surface area contributed by atoms with Gasteiger partial charge < -0.3 is 24.4 Å².